The number of para-hydroxylation sites is 1. The van der Waals surface area contributed by atoms with E-state index in [0.29, 0.717) is 11.3 Å². The molecule has 1 aliphatic heterocycles. The molecule has 25 heavy (non-hydrogen) atoms. The van der Waals surface area contributed by atoms with Gasteiger partial charge in [0, 0.05) is 6.42 Å². The molecule has 0 bridgehead atoms. The minimum absolute atomic E-state index is 0.233. The van der Waals surface area contributed by atoms with Crippen molar-refractivity contribution in [2.45, 2.75) is 19.4 Å². The van der Waals surface area contributed by atoms with Gasteiger partial charge in [0.1, 0.15) is 0 Å². The number of carbonyl (C=O) groups excluding carboxylic acids is 3. The quantitative estimate of drug-likeness (QED) is 0.869. The van der Waals surface area contributed by atoms with E-state index in [1.54, 1.807) is 30.3 Å². The van der Waals surface area contributed by atoms with Crippen LogP contribution in [0.4, 0.5) is 5.69 Å². The molecule has 0 aromatic heterocycles. The number of hydrogen-bond acceptors (Lipinski definition) is 5. The number of benzene rings is 2. The summed E-state index contributed by atoms with van der Waals surface area (Å²) < 4.78 is 9.95. The Labute approximate surface area is 144 Å². The van der Waals surface area contributed by atoms with E-state index in [-0.39, 0.29) is 12.0 Å². The third kappa shape index (κ3) is 3.38. The van der Waals surface area contributed by atoms with Crippen LogP contribution in [0.3, 0.4) is 0 Å². The summed E-state index contributed by atoms with van der Waals surface area (Å²) in [5.74, 6) is -1.57. The Kier molecular flexibility index (Phi) is 4.52. The molecule has 6 nitrogen and oxygen atoms in total. The lowest BCUT2D eigenvalue weighted by atomic mass is 9.96. The van der Waals surface area contributed by atoms with Gasteiger partial charge < -0.3 is 14.8 Å². The van der Waals surface area contributed by atoms with Gasteiger partial charge in [0.25, 0.3) is 5.91 Å². The average molecular weight is 339 g/mol. The van der Waals surface area contributed by atoms with Crippen LogP contribution in [0.15, 0.2) is 42.5 Å². The van der Waals surface area contributed by atoms with E-state index < -0.39 is 23.9 Å². The lowest BCUT2D eigenvalue weighted by molar-refractivity contribution is -0.125. The first-order valence-corrected chi connectivity index (χ1v) is 7.78. The normalized spacial score (nSPS) is 15.8. The number of nitrogens with one attached hydrogen (secondary N) is 1. The second-order valence-electron chi connectivity index (χ2n) is 5.79. The van der Waals surface area contributed by atoms with Crippen LogP contribution in [0.2, 0.25) is 0 Å². The highest BCUT2D eigenvalue weighted by Gasteiger charge is 2.31. The molecule has 0 aliphatic carbocycles. The molecule has 1 heterocycles. The highest BCUT2D eigenvalue weighted by Crippen LogP contribution is 2.24. The number of hydrogen-bond donors (Lipinski definition) is 1. The number of methoxy groups -OCH3 is 1. The molecular weight excluding hydrogens is 322 g/mol. The number of esters is 2. The van der Waals surface area contributed by atoms with E-state index >= 15 is 0 Å². The number of anilines is 1. The Morgan fingerprint density at radius 2 is 1.96 bits per heavy atom. The van der Waals surface area contributed by atoms with Crippen molar-refractivity contribution in [3.8, 4) is 0 Å². The van der Waals surface area contributed by atoms with Gasteiger partial charge in [-0.15, -0.1) is 0 Å². The summed E-state index contributed by atoms with van der Waals surface area (Å²) in [6, 6.07) is 11.9. The van der Waals surface area contributed by atoms with Crippen LogP contribution in [0.5, 0.6) is 0 Å². The van der Waals surface area contributed by atoms with Crippen LogP contribution < -0.4 is 5.32 Å². The smallest absolute Gasteiger partial charge is 0.339 e. The van der Waals surface area contributed by atoms with Crippen LogP contribution in [-0.2, 0) is 20.7 Å². The minimum Gasteiger partial charge on any atom is -0.465 e. The van der Waals surface area contributed by atoms with Crippen LogP contribution >= 0.6 is 0 Å². The SMILES string of the molecule is COC(=O)c1ccccc1NC(=O)C1Cc2cc(C)ccc2C(=O)O1. The number of fused-ring (bicyclic) bond motifs is 1. The van der Waals surface area contributed by atoms with Crippen LogP contribution in [0.1, 0.15) is 31.8 Å². The van der Waals surface area contributed by atoms with Gasteiger partial charge in [0.05, 0.1) is 23.9 Å². The largest absolute Gasteiger partial charge is 0.465 e. The van der Waals surface area contributed by atoms with Crippen LogP contribution in [0.25, 0.3) is 0 Å². The van der Waals surface area contributed by atoms with Crippen molar-refractivity contribution in [3.05, 3.63) is 64.7 Å². The van der Waals surface area contributed by atoms with E-state index in [0.717, 1.165) is 11.1 Å². The van der Waals surface area contributed by atoms with E-state index in [9.17, 15) is 14.4 Å². The Morgan fingerprint density at radius 3 is 2.72 bits per heavy atom. The third-order valence-corrected chi connectivity index (χ3v) is 4.02. The number of carbonyl (C=O) groups is 3. The molecule has 6 heteroatoms. The van der Waals surface area contributed by atoms with Gasteiger partial charge in [0.2, 0.25) is 0 Å². The van der Waals surface area contributed by atoms with Gasteiger partial charge >= 0.3 is 11.9 Å². The molecule has 1 unspecified atom stereocenters. The number of rotatable bonds is 3. The zero-order valence-electron chi connectivity index (χ0n) is 13.9. The van der Waals surface area contributed by atoms with E-state index in [4.69, 9.17) is 9.47 Å². The summed E-state index contributed by atoms with van der Waals surface area (Å²) in [6.45, 7) is 1.92. The van der Waals surface area contributed by atoms with Crippen molar-refractivity contribution in [1.82, 2.24) is 0 Å². The third-order valence-electron chi connectivity index (χ3n) is 4.02. The maximum absolute atomic E-state index is 12.5. The second-order valence-corrected chi connectivity index (χ2v) is 5.79. The lowest BCUT2D eigenvalue weighted by Gasteiger charge is -2.24. The first kappa shape index (κ1) is 16.7. The molecule has 1 aliphatic rings. The molecule has 1 atom stereocenters. The molecule has 1 amide bonds. The molecule has 0 saturated heterocycles. The monoisotopic (exact) mass is 339 g/mol. The molecule has 1 N–H and O–H groups in total. The predicted molar refractivity (Wildman–Crippen MR) is 90.5 cm³/mol. The Balaban J connectivity index is 1.81. The van der Waals surface area contributed by atoms with Crippen molar-refractivity contribution in [2.75, 3.05) is 12.4 Å². The van der Waals surface area contributed by atoms with E-state index in [1.807, 2.05) is 19.1 Å². The van der Waals surface area contributed by atoms with Crippen molar-refractivity contribution in [1.29, 1.82) is 0 Å². The molecule has 0 spiro atoms. The number of aryl methyl sites for hydroxylation is 1. The summed E-state index contributed by atoms with van der Waals surface area (Å²) in [7, 11) is 1.27. The Hall–Kier alpha value is -3.15. The fourth-order valence-corrected chi connectivity index (χ4v) is 2.76. The summed E-state index contributed by atoms with van der Waals surface area (Å²) in [5, 5.41) is 2.64. The highest BCUT2D eigenvalue weighted by atomic mass is 16.5. The predicted octanol–water partition coefficient (Wildman–Crippen LogP) is 2.50. The van der Waals surface area contributed by atoms with Crippen molar-refractivity contribution in [3.63, 3.8) is 0 Å². The number of ether oxygens (including phenoxy) is 2. The van der Waals surface area contributed by atoms with Crippen molar-refractivity contribution in [2.24, 2.45) is 0 Å². The van der Waals surface area contributed by atoms with Crippen molar-refractivity contribution >= 4 is 23.5 Å². The fourth-order valence-electron chi connectivity index (χ4n) is 2.76. The molecule has 2 aromatic carbocycles. The number of amides is 1. The Morgan fingerprint density at radius 1 is 1.20 bits per heavy atom. The molecule has 3 rings (SSSR count). The van der Waals surface area contributed by atoms with Gasteiger partial charge in [-0.2, -0.15) is 0 Å². The summed E-state index contributed by atoms with van der Waals surface area (Å²) in [4.78, 5) is 36.4. The second kappa shape index (κ2) is 6.76. The molecule has 2 aromatic rings. The molecule has 0 fully saturated rings. The van der Waals surface area contributed by atoms with Crippen LogP contribution in [0, 0.1) is 6.92 Å². The van der Waals surface area contributed by atoms with E-state index in [2.05, 4.69) is 5.32 Å². The van der Waals surface area contributed by atoms with Gasteiger partial charge in [-0.1, -0.05) is 29.8 Å². The maximum Gasteiger partial charge on any atom is 0.339 e. The summed E-state index contributed by atoms with van der Waals surface area (Å²) in [6.07, 6.45) is -0.665. The molecule has 128 valence electrons. The average Bonchev–Trinajstić information content (AvgIpc) is 2.61. The van der Waals surface area contributed by atoms with Gasteiger partial charge in [-0.05, 0) is 30.7 Å². The lowest BCUT2D eigenvalue weighted by Crippen LogP contribution is -2.38. The van der Waals surface area contributed by atoms with E-state index in [1.165, 1.54) is 7.11 Å². The highest BCUT2D eigenvalue weighted by molar-refractivity contribution is 6.04. The maximum atomic E-state index is 12.5. The minimum atomic E-state index is -0.951. The zero-order chi connectivity index (χ0) is 18.0. The van der Waals surface area contributed by atoms with Gasteiger partial charge in [0.15, 0.2) is 6.10 Å². The first-order chi connectivity index (χ1) is 12.0. The topological polar surface area (TPSA) is 81.7 Å². The van der Waals surface area contributed by atoms with Crippen molar-refractivity contribution < 1.29 is 23.9 Å². The molecule has 0 radical (unpaired) electrons. The van der Waals surface area contributed by atoms with Gasteiger partial charge in [-0.25, -0.2) is 9.59 Å². The standard InChI is InChI=1S/C19H17NO5/c1-11-7-8-13-12(9-11)10-16(25-19(13)23)17(21)20-15-6-4-3-5-14(15)18(22)24-2/h3-9,16H,10H2,1-2H3,(H,20,21). The summed E-state index contributed by atoms with van der Waals surface area (Å²) in [5.41, 5.74) is 2.80. The fraction of sp³-hybridized carbons (Fsp3) is 0.211. The number of cyclic esters (lactones) is 1. The van der Waals surface area contributed by atoms with Gasteiger partial charge in [-0.3, -0.25) is 4.79 Å². The molecule has 0 saturated carbocycles. The van der Waals surface area contributed by atoms with Crippen LogP contribution in [-0.4, -0.2) is 31.1 Å². The molecular formula is C19H17NO5. The first-order valence-electron chi connectivity index (χ1n) is 7.78. The zero-order valence-corrected chi connectivity index (χ0v) is 13.9. The summed E-state index contributed by atoms with van der Waals surface area (Å²) >= 11 is 0. The Bertz CT molecular complexity index is 859.